The maximum atomic E-state index is 12.4. The highest BCUT2D eigenvalue weighted by molar-refractivity contribution is 5.96. The van der Waals surface area contributed by atoms with E-state index in [1.807, 2.05) is 26.0 Å². The van der Waals surface area contributed by atoms with Crippen molar-refractivity contribution in [2.24, 2.45) is 0 Å². The van der Waals surface area contributed by atoms with Crippen LogP contribution in [0.5, 0.6) is 5.75 Å². The Bertz CT molecular complexity index is 721. The fourth-order valence-corrected chi connectivity index (χ4v) is 2.43. The lowest BCUT2D eigenvalue weighted by atomic mass is 10.1. The summed E-state index contributed by atoms with van der Waals surface area (Å²) < 4.78 is 5.82. The van der Waals surface area contributed by atoms with E-state index >= 15 is 0 Å². The zero-order valence-electron chi connectivity index (χ0n) is 14.2. The number of nitrogens with zero attached hydrogens (tertiary/aromatic N) is 3. The van der Waals surface area contributed by atoms with Crippen LogP contribution in [0.4, 0.5) is 5.95 Å². The van der Waals surface area contributed by atoms with Gasteiger partial charge in [-0.15, -0.1) is 0 Å². The molecule has 2 N–H and O–H groups in total. The minimum atomic E-state index is -0.165. The fourth-order valence-electron chi connectivity index (χ4n) is 2.43. The van der Waals surface area contributed by atoms with E-state index in [0.29, 0.717) is 17.0 Å². The third kappa shape index (κ3) is 3.97. The van der Waals surface area contributed by atoms with Crippen LogP contribution in [-0.2, 0) is 6.61 Å². The van der Waals surface area contributed by atoms with E-state index in [1.54, 1.807) is 21.0 Å². The van der Waals surface area contributed by atoms with Gasteiger partial charge in [0.15, 0.2) is 0 Å². The average molecular weight is 314 g/mol. The third-order valence-corrected chi connectivity index (χ3v) is 3.37. The number of nitrogens with two attached hydrogens (primary N) is 1. The van der Waals surface area contributed by atoms with Gasteiger partial charge in [0.2, 0.25) is 5.95 Å². The molecule has 6 nitrogen and oxygen atoms in total. The minimum absolute atomic E-state index is 0.136. The molecule has 2 aromatic rings. The van der Waals surface area contributed by atoms with E-state index in [1.165, 1.54) is 4.90 Å². The predicted octanol–water partition coefficient (Wildman–Crippen LogP) is 2.26. The first-order valence-electron chi connectivity index (χ1n) is 7.33. The van der Waals surface area contributed by atoms with Crippen molar-refractivity contribution in [3.63, 3.8) is 0 Å². The molecular formula is C17H22N4O2. The normalized spacial score (nSPS) is 10.5. The van der Waals surface area contributed by atoms with Gasteiger partial charge in [-0.2, -0.15) is 0 Å². The number of rotatable bonds is 4. The van der Waals surface area contributed by atoms with Crippen LogP contribution in [0, 0.1) is 20.8 Å². The Hall–Kier alpha value is -2.63. The molecule has 0 aliphatic carbocycles. The smallest absolute Gasteiger partial charge is 0.257 e. The largest absolute Gasteiger partial charge is 0.487 e. The maximum Gasteiger partial charge on any atom is 0.257 e. The van der Waals surface area contributed by atoms with Gasteiger partial charge in [0.25, 0.3) is 5.91 Å². The number of aromatic nitrogens is 2. The molecule has 1 amide bonds. The molecule has 0 saturated heterocycles. The quantitative estimate of drug-likeness (QED) is 0.936. The molecule has 2 rings (SSSR count). The lowest BCUT2D eigenvalue weighted by Gasteiger charge is -2.16. The molecule has 122 valence electrons. The molecule has 0 spiro atoms. The summed E-state index contributed by atoms with van der Waals surface area (Å²) in [6.45, 7) is 5.92. The number of ether oxygens (including phenoxy) is 1. The molecule has 23 heavy (non-hydrogen) atoms. The van der Waals surface area contributed by atoms with Gasteiger partial charge in [0.1, 0.15) is 12.4 Å². The zero-order chi connectivity index (χ0) is 17.1. The average Bonchev–Trinajstić information content (AvgIpc) is 2.42. The van der Waals surface area contributed by atoms with E-state index < -0.39 is 0 Å². The number of carbonyl (C=O) groups is 1. The number of benzene rings is 1. The summed E-state index contributed by atoms with van der Waals surface area (Å²) in [5, 5.41) is 0. The first-order valence-corrected chi connectivity index (χ1v) is 7.33. The van der Waals surface area contributed by atoms with E-state index in [2.05, 4.69) is 16.0 Å². The van der Waals surface area contributed by atoms with Crippen LogP contribution in [0.25, 0.3) is 0 Å². The molecule has 0 aliphatic rings. The summed E-state index contributed by atoms with van der Waals surface area (Å²) in [6, 6.07) is 5.95. The second-order valence-corrected chi connectivity index (χ2v) is 5.80. The Balaban J connectivity index is 2.33. The zero-order valence-corrected chi connectivity index (χ0v) is 14.2. The van der Waals surface area contributed by atoms with Gasteiger partial charge in [0.05, 0.1) is 17.0 Å². The molecule has 0 atom stereocenters. The highest BCUT2D eigenvalue weighted by Crippen LogP contribution is 2.20. The van der Waals surface area contributed by atoms with Crippen molar-refractivity contribution < 1.29 is 9.53 Å². The number of aryl methyl sites for hydroxylation is 3. The van der Waals surface area contributed by atoms with Crippen LogP contribution in [0.15, 0.2) is 18.2 Å². The van der Waals surface area contributed by atoms with Crippen molar-refractivity contribution in [1.82, 2.24) is 14.9 Å². The summed E-state index contributed by atoms with van der Waals surface area (Å²) in [6.07, 6.45) is 0. The second kappa shape index (κ2) is 6.64. The number of amides is 1. The molecular weight excluding hydrogens is 292 g/mol. The van der Waals surface area contributed by atoms with E-state index in [-0.39, 0.29) is 18.5 Å². The molecule has 0 radical (unpaired) electrons. The van der Waals surface area contributed by atoms with Crippen LogP contribution in [0.2, 0.25) is 0 Å². The fraction of sp³-hybridized carbons (Fsp3) is 0.353. The van der Waals surface area contributed by atoms with Crippen molar-refractivity contribution in [1.29, 1.82) is 0 Å². The molecule has 1 aromatic carbocycles. The van der Waals surface area contributed by atoms with E-state index in [9.17, 15) is 4.79 Å². The van der Waals surface area contributed by atoms with Crippen LogP contribution < -0.4 is 10.5 Å². The predicted molar refractivity (Wildman–Crippen MR) is 89.4 cm³/mol. The Morgan fingerprint density at radius 2 is 1.74 bits per heavy atom. The lowest BCUT2D eigenvalue weighted by molar-refractivity contribution is 0.0823. The number of anilines is 1. The first-order chi connectivity index (χ1) is 10.8. The molecule has 1 aromatic heterocycles. The Morgan fingerprint density at radius 3 is 2.30 bits per heavy atom. The van der Waals surface area contributed by atoms with Crippen LogP contribution >= 0.6 is 0 Å². The Morgan fingerprint density at radius 1 is 1.13 bits per heavy atom. The summed E-state index contributed by atoms with van der Waals surface area (Å²) in [4.78, 5) is 22.1. The molecule has 0 aliphatic heterocycles. The molecule has 6 heteroatoms. The van der Waals surface area contributed by atoms with Crippen LogP contribution in [0.3, 0.4) is 0 Å². The van der Waals surface area contributed by atoms with E-state index in [4.69, 9.17) is 10.5 Å². The highest BCUT2D eigenvalue weighted by Gasteiger charge is 2.20. The number of hydrogen-bond acceptors (Lipinski definition) is 5. The maximum absolute atomic E-state index is 12.4. The molecule has 0 saturated carbocycles. The number of hydrogen-bond donors (Lipinski definition) is 1. The molecule has 0 bridgehead atoms. The van der Waals surface area contributed by atoms with Gasteiger partial charge in [-0.25, -0.2) is 9.97 Å². The topological polar surface area (TPSA) is 81.3 Å². The van der Waals surface area contributed by atoms with Gasteiger partial charge in [0, 0.05) is 14.1 Å². The monoisotopic (exact) mass is 314 g/mol. The van der Waals surface area contributed by atoms with Crippen LogP contribution in [0.1, 0.15) is 32.9 Å². The third-order valence-electron chi connectivity index (χ3n) is 3.37. The van der Waals surface area contributed by atoms with Crippen molar-refractivity contribution in [2.45, 2.75) is 27.4 Å². The van der Waals surface area contributed by atoms with Gasteiger partial charge >= 0.3 is 0 Å². The van der Waals surface area contributed by atoms with Gasteiger partial charge < -0.3 is 15.4 Å². The minimum Gasteiger partial charge on any atom is -0.487 e. The number of nitrogen functional groups attached to an aromatic ring is 1. The van der Waals surface area contributed by atoms with Gasteiger partial charge in [-0.1, -0.05) is 6.07 Å². The summed E-state index contributed by atoms with van der Waals surface area (Å²) in [5.41, 5.74) is 9.43. The van der Waals surface area contributed by atoms with Crippen molar-refractivity contribution >= 4 is 11.9 Å². The lowest BCUT2D eigenvalue weighted by Crippen LogP contribution is -2.26. The van der Waals surface area contributed by atoms with Crippen LogP contribution in [-0.4, -0.2) is 34.9 Å². The molecule has 1 heterocycles. The SMILES string of the molecule is Cc1cc(C)cc(OCc2nc(N)nc(C)c2C(=O)N(C)C)c1. The van der Waals surface area contributed by atoms with Crippen molar-refractivity contribution in [3.05, 3.63) is 46.3 Å². The van der Waals surface area contributed by atoms with Gasteiger partial charge in [-0.3, -0.25) is 4.79 Å². The summed E-state index contributed by atoms with van der Waals surface area (Å²) >= 11 is 0. The Kier molecular flexibility index (Phi) is 4.83. The Labute approximate surface area is 136 Å². The van der Waals surface area contributed by atoms with E-state index in [0.717, 1.165) is 16.9 Å². The molecule has 0 fully saturated rings. The standard InChI is InChI=1S/C17H22N4O2/c1-10-6-11(2)8-13(7-10)23-9-14-15(16(22)21(4)5)12(3)19-17(18)20-14/h6-8H,9H2,1-5H3,(H2,18,19,20). The van der Waals surface area contributed by atoms with Crippen molar-refractivity contribution in [2.75, 3.05) is 19.8 Å². The second-order valence-electron chi connectivity index (χ2n) is 5.80. The first kappa shape index (κ1) is 16.7. The van der Waals surface area contributed by atoms with Gasteiger partial charge in [-0.05, 0) is 44.0 Å². The molecule has 0 unspecified atom stereocenters. The number of carbonyl (C=O) groups excluding carboxylic acids is 1. The summed E-state index contributed by atoms with van der Waals surface area (Å²) in [5.74, 6) is 0.707. The summed E-state index contributed by atoms with van der Waals surface area (Å²) in [7, 11) is 3.37. The van der Waals surface area contributed by atoms with Crippen molar-refractivity contribution in [3.8, 4) is 5.75 Å². The highest BCUT2D eigenvalue weighted by atomic mass is 16.5.